The number of halogens is 3. The van der Waals surface area contributed by atoms with E-state index in [0.717, 1.165) is 17.7 Å². The molecule has 0 amide bonds. The van der Waals surface area contributed by atoms with Crippen molar-refractivity contribution in [3.8, 4) is 0 Å². The van der Waals surface area contributed by atoms with Crippen LogP contribution in [0.25, 0.3) is 0 Å². The molecule has 120 valence electrons. The van der Waals surface area contributed by atoms with Crippen LogP contribution in [0.5, 0.6) is 0 Å². The van der Waals surface area contributed by atoms with Gasteiger partial charge in [-0.3, -0.25) is 4.90 Å². The second kappa shape index (κ2) is 7.27. The number of hydrogen-bond acceptors (Lipinski definition) is 2. The Morgan fingerprint density at radius 2 is 1.52 bits per heavy atom. The fourth-order valence-electron chi connectivity index (χ4n) is 1.92. The summed E-state index contributed by atoms with van der Waals surface area (Å²) < 4.78 is 37.3. The fourth-order valence-corrected chi connectivity index (χ4v) is 1.92. The fraction of sp³-hybridized carbons (Fsp3) is 0.625. The minimum absolute atomic E-state index is 0.0460. The van der Waals surface area contributed by atoms with Gasteiger partial charge >= 0.3 is 6.18 Å². The van der Waals surface area contributed by atoms with E-state index < -0.39 is 12.7 Å². The van der Waals surface area contributed by atoms with Crippen LogP contribution >= 0.6 is 0 Å². The Hall–Kier alpha value is -1.07. The van der Waals surface area contributed by atoms with Gasteiger partial charge in [-0.15, -0.1) is 0 Å². The summed E-state index contributed by atoms with van der Waals surface area (Å²) in [6.07, 6.45) is -4.15. The summed E-state index contributed by atoms with van der Waals surface area (Å²) in [6, 6.07) is 7.74. The van der Waals surface area contributed by atoms with E-state index in [0.29, 0.717) is 13.1 Å². The third-order valence-corrected chi connectivity index (χ3v) is 3.10. The van der Waals surface area contributed by atoms with Crippen molar-refractivity contribution in [3.63, 3.8) is 0 Å². The van der Waals surface area contributed by atoms with Gasteiger partial charge in [0.25, 0.3) is 0 Å². The molecule has 0 bridgehead atoms. The SMILES string of the molecule is CCN(Cc1ccc(CNC(C)(C)C)cc1)CC(F)(F)F. The van der Waals surface area contributed by atoms with Crippen LogP contribution in [-0.2, 0) is 13.1 Å². The second-order valence-electron chi connectivity index (χ2n) is 6.34. The Bertz CT molecular complexity index is 419. The topological polar surface area (TPSA) is 15.3 Å². The molecular weight excluding hydrogens is 277 g/mol. The molecule has 1 N–H and O–H groups in total. The van der Waals surface area contributed by atoms with Crippen molar-refractivity contribution < 1.29 is 13.2 Å². The Labute approximate surface area is 125 Å². The highest BCUT2D eigenvalue weighted by molar-refractivity contribution is 5.22. The second-order valence-corrected chi connectivity index (χ2v) is 6.34. The number of hydrogen-bond donors (Lipinski definition) is 1. The van der Waals surface area contributed by atoms with Crippen molar-refractivity contribution in [3.05, 3.63) is 35.4 Å². The molecule has 0 saturated heterocycles. The first-order chi connectivity index (χ1) is 9.59. The normalized spacial score (nSPS) is 13.0. The van der Waals surface area contributed by atoms with Crippen LogP contribution in [0.1, 0.15) is 38.8 Å². The minimum Gasteiger partial charge on any atom is -0.308 e. The molecular formula is C16H25F3N2. The lowest BCUT2D eigenvalue weighted by molar-refractivity contribution is -0.146. The minimum atomic E-state index is -4.15. The number of benzene rings is 1. The van der Waals surface area contributed by atoms with Gasteiger partial charge in [-0.2, -0.15) is 13.2 Å². The summed E-state index contributed by atoms with van der Waals surface area (Å²) in [6.45, 7) is 8.62. The first-order valence-electron chi connectivity index (χ1n) is 7.21. The molecule has 0 saturated carbocycles. The zero-order valence-corrected chi connectivity index (χ0v) is 13.2. The Morgan fingerprint density at radius 1 is 1.00 bits per heavy atom. The highest BCUT2D eigenvalue weighted by atomic mass is 19.4. The lowest BCUT2D eigenvalue weighted by Gasteiger charge is -2.22. The average Bonchev–Trinajstić information content (AvgIpc) is 2.34. The molecule has 1 aromatic rings. The lowest BCUT2D eigenvalue weighted by atomic mass is 10.1. The third-order valence-electron chi connectivity index (χ3n) is 3.10. The smallest absolute Gasteiger partial charge is 0.308 e. The van der Waals surface area contributed by atoms with Gasteiger partial charge in [0.1, 0.15) is 0 Å². The molecule has 0 aliphatic carbocycles. The van der Waals surface area contributed by atoms with Crippen LogP contribution in [0.3, 0.4) is 0 Å². The molecule has 0 aliphatic rings. The molecule has 0 spiro atoms. The maximum Gasteiger partial charge on any atom is 0.401 e. The standard InChI is InChI=1S/C16H25F3N2/c1-5-21(12-16(17,18)19)11-14-8-6-13(7-9-14)10-20-15(2,3)4/h6-9,20H,5,10-12H2,1-4H3. The molecule has 21 heavy (non-hydrogen) atoms. The number of alkyl halides is 3. The van der Waals surface area contributed by atoms with E-state index >= 15 is 0 Å². The number of nitrogens with zero attached hydrogens (tertiary/aromatic N) is 1. The van der Waals surface area contributed by atoms with Gasteiger partial charge in [0.2, 0.25) is 0 Å². The Kier molecular flexibility index (Phi) is 6.23. The maximum atomic E-state index is 12.4. The predicted molar refractivity (Wildman–Crippen MR) is 80.0 cm³/mol. The molecule has 0 atom stereocenters. The molecule has 0 unspecified atom stereocenters. The quantitative estimate of drug-likeness (QED) is 0.855. The van der Waals surface area contributed by atoms with Crippen molar-refractivity contribution in [2.24, 2.45) is 0 Å². The van der Waals surface area contributed by atoms with Gasteiger partial charge in [0, 0.05) is 18.6 Å². The molecule has 0 aliphatic heterocycles. The van der Waals surface area contributed by atoms with E-state index in [-0.39, 0.29) is 5.54 Å². The monoisotopic (exact) mass is 302 g/mol. The van der Waals surface area contributed by atoms with Gasteiger partial charge in [-0.1, -0.05) is 31.2 Å². The van der Waals surface area contributed by atoms with Crippen LogP contribution in [-0.4, -0.2) is 29.7 Å². The van der Waals surface area contributed by atoms with E-state index in [1.165, 1.54) is 4.90 Å². The first kappa shape index (κ1) is 18.0. The molecule has 1 rings (SSSR count). The zero-order chi connectivity index (χ0) is 16.1. The van der Waals surface area contributed by atoms with Crippen molar-refractivity contribution in [2.45, 2.75) is 52.5 Å². The van der Waals surface area contributed by atoms with Gasteiger partial charge in [0.05, 0.1) is 6.54 Å². The van der Waals surface area contributed by atoms with Gasteiger partial charge < -0.3 is 5.32 Å². The molecule has 1 aromatic carbocycles. The summed E-state index contributed by atoms with van der Waals surface area (Å²) in [5.74, 6) is 0. The first-order valence-corrected chi connectivity index (χ1v) is 7.21. The Balaban J connectivity index is 2.57. The largest absolute Gasteiger partial charge is 0.401 e. The van der Waals surface area contributed by atoms with E-state index in [9.17, 15) is 13.2 Å². The van der Waals surface area contributed by atoms with Gasteiger partial charge in [-0.05, 0) is 38.4 Å². The van der Waals surface area contributed by atoms with Gasteiger partial charge in [-0.25, -0.2) is 0 Å². The van der Waals surface area contributed by atoms with E-state index in [2.05, 4.69) is 26.1 Å². The third kappa shape index (κ3) is 8.07. The highest BCUT2D eigenvalue weighted by Crippen LogP contribution is 2.18. The summed E-state index contributed by atoms with van der Waals surface area (Å²) >= 11 is 0. The molecule has 5 heteroatoms. The van der Waals surface area contributed by atoms with Crippen LogP contribution < -0.4 is 5.32 Å². The van der Waals surface area contributed by atoms with Crippen LogP contribution in [0.2, 0.25) is 0 Å². The lowest BCUT2D eigenvalue weighted by Crippen LogP contribution is -2.35. The van der Waals surface area contributed by atoms with Crippen molar-refractivity contribution in [2.75, 3.05) is 13.1 Å². The van der Waals surface area contributed by atoms with E-state index in [1.54, 1.807) is 6.92 Å². The summed E-state index contributed by atoms with van der Waals surface area (Å²) in [4.78, 5) is 1.39. The molecule has 0 radical (unpaired) electrons. The Morgan fingerprint density at radius 3 is 1.95 bits per heavy atom. The predicted octanol–water partition coefficient (Wildman–Crippen LogP) is 3.96. The molecule has 0 heterocycles. The summed E-state index contributed by atoms with van der Waals surface area (Å²) in [5, 5.41) is 3.38. The number of rotatable bonds is 6. The average molecular weight is 302 g/mol. The van der Waals surface area contributed by atoms with Crippen molar-refractivity contribution in [1.29, 1.82) is 0 Å². The van der Waals surface area contributed by atoms with Crippen molar-refractivity contribution >= 4 is 0 Å². The zero-order valence-electron chi connectivity index (χ0n) is 13.2. The number of nitrogens with one attached hydrogen (secondary N) is 1. The van der Waals surface area contributed by atoms with Crippen LogP contribution in [0.15, 0.2) is 24.3 Å². The van der Waals surface area contributed by atoms with E-state index in [1.807, 2.05) is 24.3 Å². The van der Waals surface area contributed by atoms with Gasteiger partial charge in [0.15, 0.2) is 0 Å². The molecule has 0 fully saturated rings. The van der Waals surface area contributed by atoms with Crippen molar-refractivity contribution in [1.82, 2.24) is 10.2 Å². The highest BCUT2D eigenvalue weighted by Gasteiger charge is 2.29. The summed E-state index contributed by atoms with van der Waals surface area (Å²) in [5.41, 5.74) is 2.08. The van der Waals surface area contributed by atoms with E-state index in [4.69, 9.17) is 0 Å². The molecule has 0 aromatic heterocycles. The molecule has 2 nitrogen and oxygen atoms in total. The van der Waals surface area contributed by atoms with Crippen LogP contribution in [0.4, 0.5) is 13.2 Å². The van der Waals surface area contributed by atoms with Crippen LogP contribution in [0, 0.1) is 0 Å². The maximum absolute atomic E-state index is 12.4. The summed E-state index contributed by atoms with van der Waals surface area (Å²) in [7, 11) is 0.